The summed E-state index contributed by atoms with van der Waals surface area (Å²) in [6, 6.07) is 9.15. The van der Waals surface area contributed by atoms with Crippen molar-refractivity contribution in [2.45, 2.75) is 44.2 Å². The highest BCUT2D eigenvalue weighted by Crippen LogP contribution is 2.28. The van der Waals surface area contributed by atoms with Crippen LogP contribution >= 0.6 is 28.3 Å². The predicted molar refractivity (Wildman–Crippen MR) is 90.9 cm³/mol. The Labute approximate surface area is 141 Å². The van der Waals surface area contributed by atoms with Gasteiger partial charge in [0.2, 0.25) is 5.91 Å². The Hall–Kier alpha value is -0.580. The van der Waals surface area contributed by atoms with Gasteiger partial charge in [-0.2, -0.15) is 0 Å². The van der Waals surface area contributed by atoms with Gasteiger partial charge in [-0.3, -0.25) is 4.79 Å². The molecule has 0 aromatic heterocycles. The minimum atomic E-state index is 0. The highest BCUT2D eigenvalue weighted by Gasteiger charge is 2.37. The number of aryl methyl sites for hydroxylation is 1. The zero-order valence-corrected chi connectivity index (χ0v) is 14.5. The third kappa shape index (κ3) is 3.99. The molecule has 3 rings (SSSR count). The first-order chi connectivity index (χ1) is 9.74. The minimum Gasteiger partial charge on any atom is -0.335 e. The van der Waals surface area contributed by atoms with Gasteiger partial charge in [-0.05, 0) is 49.9 Å². The zero-order valence-electron chi connectivity index (χ0n) is 12.1. The Morgan fingerprint density at radius 1 is 1.29 bits per heavy atom. The van der Waals surface area contributed by atoms with E-state index >= 15 is 0 Å². The highest BCUT2D eigenvalue weighted by atomic mass is 79.9. The topological polar surface area (TPSA) is 32.3 Å². The molecular weight excluding hydrogens is 352 g/mol. The molecule has 2 aliphatic heterocycles. The minimum absolute atomic E-state index is 0. The van der Waals surface area contributed by atoms with Crippen molar-refractivity contribution in [1.29, 1.82) is 0 Å². The highest BCUT2D eigenvalue weighted by molar-refractivity contribution is 9.10. The van der Waals surface area contributed by atoms with Crippen molar-refractivity contribution in [3.05, 3.63) is 34.3 Å². The standard InChI is InChI=1S/C16H21BrN2O.ClH/c17-13-3-1-2-12(10-13)4-7-16(20)19-14-5-6-15(19)11-18-9-8-14;/h1-3,10,14-15,18H,4-9,11H2;1H. The van der Waals surface area contributed by atoms with E-state index in [4.69, 9.17) is 0 Å². The van der Waals surface area contributed by atoms with E-state index in [9.17, 15) is 4.79 Å². The number of fused-ring (bicyclic) bond motifs is 2. The molecule has 1 amide bonds. The fourth-order valence-electron chi connectivity index (χ4n) is 3.46. The predicted octanol–water partition coefficient (Wildman–Crippen LogP) is 3.16. The zero-order chi connectivity index (χ0) is 13.9. The molecule has 2 fully saturated rings. The number of amides is 1. The van der Waals surface area contributed by atoms with Crippen LogP contribution in [0.4, 0.5) is 0 Å². The maximum absolute atomic E-state index is 12.6. The van der Waals surface area contributed by atoms with Crippen molar-refractivity contribution in [3.63, 3.8) is 0 Å². The summed E-state index contributed by atoms with van der Waals surface area (Å²) in [5.74, 6) is 0.334. The molecule has 2 aliphatic rings. The average Bonchev–Trinajstić information content (AvgIpc) is 2.69. The van der Waals surface area contributed by atoms with Crippen molar-refractivity contribution in [3.8, 4) is 0 Å². The number of nitrogens with one attached hydrogen (secondary N) is 1. The van der Waals surface area contributed by atoms with Gasteiger partial charge in [0, 0.05) is 29.5 Å². The number of hydrogen-bond acceptors (Lipinski definition) is 2. The monoisotopic (exact) mass is 372 g/mol. The molecule has 5 heteroatoms. The fraction of sp³-hybridized carbons (Fsp3) is 0.562. The first-order valence-electron chi connectivity index (χ1n) is 7.50. The van der Waals surface area contributed by atoms with Crippen LogP contribution < -0.4 is 5.32 Å². The number of carbonyl (C=O) groups excluding carboxylic acids is 1. The number of carbonyl (C=O) groups is 1. The number of benzene rings is 1. The lowest BCUT2D eigenvalue weighted by Gasteiger charge is -2.28. The normalized spacial score (nSPS) is 24.3. The molecule has 3 nitrogen and oxygen atoms in total. The second-order valence-corrected chi connectivity index (χ2v) is 6.72. The van der Waals surface area contributed by atoms with Gasteiger partial charge in [0.05, 0.1) is 0 Å². The lowest BCUT2D eigenvalue weighted by atomic mass is 10.1. The van der Waals surface area contributed by atoms with Crippen molar-refractivity contribution in [1.82, 2.24) is 10.2 Å². The number of rotatable bonds is 3. The largest absolute Gasteiger partial charge is 0.335 e. The SMILES string of the molecule is Cl.O=C(CCc1cccc(Br)c1)N1C2CCNCC1CC2. The van der Waals surface area contributed by atoms with Crippen molar-refractivity contribution in [2.24, 2.45) is 0 Å². The van der Waals surface area contributed by atoms with E-state index in [0.29, 0.717) is 24.4 Å². The average molecular weight is 374 g/mol. The molecule has 0 saturated carbocycles. The van der Waals surface area contributed by atoms with E-state index in [-0.39, 0.29) is 12.4 Å². The van der Waals surface area contributed by atoms with Gasteiger partial charge in [0.25, 0.3) is 0 Å². The maximum atomic E-state index is 12.6. The van der Waals surface area contributed by atoms with Crippen molar-refractivity contribution in [2.75, 3.05) is 13.1 Å². The molecule has 21 heavy (non-hydrogen) atoms. The molecule has 1 aromatic rings. The molecular formula is C16H22BrClN2O. The molecule has 2 saturated heterocycles. The fourth-order valence-corrected chi connectivity index (χ4v) is 3.91. The van der Waals surface area contributed by atoms with Crippen LogP contribution in [0.25, 0.3) is 0 Å². The van der Waals surface area contributed by atoms with Crippen LogP contribution in [-0.2, 0) is 11.2 Å². The van der Waals surface area contributed by atoms with Gasteiger partial charge >= 0.3 is 0 Å². The van der Waals surface area contributed by atoms with Gasteiger partial charge in [-0.15, -0.1) is 12.4 Å². The molecule has 0 aliphatic carbocycles. The van der Waals surface area contributed by atoms with Gasteiger partial charge in [-0.25, -0.2) is 0 Å². The summed E-state index contributed by atoms with van der Waals surface area (Å²) in [7, 11) is 0. The van der Waals surface area contributed by atoms with Crippen LogP contribution in [0.2, 0.25) is 0 Å². The first-order valence-corrected chi connectivity index (χ1v) is 8.29. The molecule has 2 heterocycles. The molecule has 2 bridgehead atoms. The van der Waals surface area contributed by atoms with Crippen LogP contribution in [-0.4, -0.2) is 36.0 Å². The Balaban J connectivity index is 0.00000161. The first kappa shape index (κ1) is 16.8. The molecule has 0 spiro atoms. The summed E-state index contributed by atoms with van der Waals surface area (Å²) in [4.78, 5) is 14.7. The van der Waals surface area contributed by atoms with Crippen LogP contribution in [0, 0.1) is 0 Å². The van der Waals surface area contributed by atoms with E-state index in [1.807, 2.05) is 12.1 Å². The summed E-state index contributed by atoms with van der Waals surface area (Å²) in [5.41, 5.74) is 1.23. The molecule has 1 aromatic carbocycles. The van der Waals surface area contributed by atoms with Gasteiger partial charge in [0.1, 0.15) is 0 Å². The van der Waals surface area contributed by atoms with E-state index < -0.39 is 0 Å². The third-order valence-corrected chi connectivity index (χ3v) is 4.95. The summed E-state index contributed by atoms with van der Waals surface area (Å²) < 4.78 is 1.08. The van der Waals surface area contributed by atoms with E-state index in [2.05, 4.69) is 38.3 Å². The van der Waals surface area contributed by atoms with Crippen molar-refractivity contribution >= 4 is 34.2 Å². The lowest BCUT2D eigenvalue weighted by molar-refractivity contribution is -0.133. The second kappa shape index (κ2) is 7.61. The maximum Gasteiger partial charge on any atom is 0.223 e. The number of nitrogens with zero attached hydrogens (tertiary/aromatic N) is 1. The Kier molecular flexibility index (Phi) is 6.08. The number of hydrogen-bond donors (Lipinski definition) is 1. The Morgan fingerprint density at radius 2 is 2.10 bits per heavy atom. The van der Waals surface area contributed by atoms with Gasteiger partial charge < -0.3 is 10.2 Å². The summed E-state index contributed by atoms with van der Waals surface area (Å²) in [6.45, 7) is 2.02. The molecule has 0 radical (unpaired) electrons. The van der Waals surface area contributed by atoms with E-state index in [1.165, 1.54) is 18.4 Å². The van der Waals surface area contributed by atoms with Gasteiger partial charge in [-0.1, -0.05) is 28.1 Å². The summed E-state index contributed by atoms with van der Waals surface area (Å²) in [5, 5.41) is 3.44. The molecule has 2 atom stereocenters. The van der Waals surface area contributed by atoms with Crippen molar-refractivity contribution < 1.29 is 4.79 Å². The summed E-state index contributed by atoms with van der Waals surface area (Å²) >= 11 is 3.48. The smallest absolute Gasteiger partial charge is 0.223 e. The summed E-state index contributed by atoms with van der Waals surface area (Å²) in [6.07, 6.45) is 4.93. The molecule has 1 N–H and O–H groups in total. The van der Waals surface area contributed by atoms with Crippen LogP contribution in [0.15, 0.2) is 28.7 Å². The molecule has 2 unspecified atom stereocenters. The Morgan fingerprint density at radius 3 is 2.90 bits per heavy atom. The number of halogens is 2. The lowest BCUT2D eigenvalue weighted by Crippen LogP contribution is -2.42. The third-order valence-electron chi connectivity index (χ3n) is 4.46. The van der Waals surface area contributed by atoms with Crippen LogP contribution in [0.3, 0.4) is 0 Å². The van der Waals surface area contributed by atoms with E-state index in [1.54, 1.807) is 0 Å². The van der Waals surface area contributed by atoms with Crippen LogP contribution in [0.5, 0.6) is 0 Å². The quantitative estimate of drug-likeness (QED) is 0.882. The molecule has 116 valence electrons. The second-order valence-electron chi connectivity index (χ2n) is 5.81. The van der Waals surface area contributed by atoms with E-state index in [0.717, 1.165) is 30.4 Å². The Bertz CT molecular complexity index is 483. The van der Waals surface area contributed by atoms with Crippen LogP contribution in [0.1, 0.15) is 31.2 Å². The van der Waals surface area contributed by atoms with Gasteiger partial charge in [0.15, 0.2) is 0 Å².